The van der Waals surface area contributed by atoms with Gasteiger partial charge in [-0.05, 0) is 57.7 Å². The molecule has 26 heavy (non-hydrogen) atoms. The Morgan fingerprint density at radius 2 is 1.96 bits per heavy atom. The molecule has 0 N–H and O–H groups in total. The summed E-state index contributed by atoms with van der Waals surface area (Å²) in [4.78, 5) is 14.4. The highest BCUT2D eigenvalue weighted by atomic mass is 79.9. The third kappa shape index (κ3) is 5.47. The van der Waals surface area contributed by atoms with Gasteiger partial charge in [-0.2, -0.15) is 5.26 Å². The van der Waals surface area contributed by atoms with Crippen molar-refractivity contribution in [1.82, 2.24) is 4.90 Å². The molecule has 0 fully saturated rings. The molecule has 0 aliphatic rings. The lowest BCUT2D eigenvalue weighted by Gasteiger charge is -2.21. The van der Waals surface area contributed by atoms with E-state index in [2.05, 4.69) is 28.6 Å². The van der Waals surface area contributed by atoms with Crippen molar-refractivity contribution in [1.29, 1.82) is 5.26 Å². The fraction of sp³-hybridized carbons (Fsp3) is 0.238. The smallest absolute Gasteiger partial charge is 0.223 e. The molecular weight excluding hydrogens is 392 g/mol. The largest absolute Gasteiger partial charge is 0.496 e. The van der Waals surface area contributed by atoms with Crippen molar-refractivity contribution in [3.05, 3.63) is 76.3 Å². The van der Waals surface area contributed by atoms with Crippen molar-refractivity contribution in [3.63, 3.8) is 0 Å². The molecule has 5 heteroatoms. The summed E-state index contributed by atoms with van der Waals surface area (Å²) in [5.41, 5.74) is 2.68. The van der Waals surface area contributed by atoms with Crippen LogP contribution in [0, 0.1) is 11.3 Å². The third-order valence-electron chi connectivity index (χ3n) is 4.00. The van der Waals surface area contributed by atoms with E-state index >= 15 is 0 Å². The van der Waals surface area contributed by atoms with Crippen molar-refractivity contribution in [2.24, 2.45) is 0 Å². The van der Waals surface area contributed by atoms with Gasteiger partial charge in [-0.15, -0.1) is 6.58 Å². The van der Waals surface area contributed by atoms with Gasteiger partial charge < -0.3 is 9.64 Å². The molecule has 0 heterocycles. The van der Waals surface area contributed by atoms with Crippen molar-refractivity contribution in [3.8, 4) is 11.8 Å². The van der Waals surface area contributed by atoms with Crippen LogP contribution in [0.4, 0.5) is 0 Å². The second kappa shape index (κ2) is 9.79. The van der Waals surface area contributed by atoms with E-state index in [9.17, 15) is 4.79 Å². The monoisotopic (exact) mass is 412 g/mol. The zero-order valence-electron chi connectivity index (χ0n) is 14.7. The molecule has 0 aliphatic carbocycles. The molecule has 0 bridgehead atoms. The van der Waals surface area contributed by atoms with E-state index in [1.165, 1.54) is 0 Å². The molecule has 0 aliphatic heterocycles. The van der Waals surface area contributed by atoms with Crippen molar-refractivity contribution < 1.29 is 9.53 Å². The van der Waals surface area contributed by atoms with Crippen LogP contribution >= 0.6 is 15.9 Å². The molecule has 2 aromatic carbocycles. The molecule has 134 valence electrons. The molecule has 0 radical (unpaired) electrons. The van der Waals surface area contributed by atoms with E-state index in [1.807, 2.05) is 30.3 Å². The number of carbonyl (C=O) groups is 1. The van der Waals surface area contributed by atoms with E-state index in [1.54, 1.807) is 30.2 Å². The fourth-order valence-electron chi connectivity index (χ4n) is 2.59. The van der Waals surface area contributed by atoms with Gasteiger partial charge in [-0.3, -0.25) is 4.79 Å². The van der Waals surface area contributed by atoms with Gasteiger partial charge in [0.2, 0.25) is 5.91 Å². The van der Waals surface area contributed by atoms with Crippen LogP contribution in [0.25, 0.3) is 0 Å². The van der Waals surface area contributed by atoms with Crippen LogP contribution in [-0.2, 0) is 17.8 Å². The molecule has 1 amide bonds. The topological polar surface area (TPSA) is 53.3 Å². The van der Waals surface area contributed by atoms with Crippen molar-refractivity contribution in [2.45, 2.75) is 19.4 Å². The van der Waals surface area contributed by atoms with Crippen molar-refractivity contribution in [2.75, 3.05) is 13.7 Å². The second-order valence-corrected chi connectivity index (χ2v) is 6.69. The molecule has 4 nitrogen and oxygen atoms in total. The molecule has 2 aromatic rings. The number of amides is 1. The number of aryl methyl sites for hydroxylation is 1. The molecule has 0 unspecified atom stereocenters. The van der Waals surface area contributed by atoms with Crippen LogP contribution in [0.3, 0.4) is 0 Å². The van der Waals surface area contributed by atoms with Crippen LogP contribution in [0.15, 0.2) is 59.6 Å². The first-order valence-electron chi connectivity index (χ1n) is 8.27. The summed E-state index contributed by atoms with van der Waals surface area (Å²) in [5, 5.41) is 8.87. The molecule has 0 aromatic heterocycles. The number of nitrogens with zero attached hydrogens (tertiary/aromatic N) is 2. The second-order valence-electron chi connectivity index (χ2n) is 5.84. The highest BCUT2D eigenvalue weighted by Crippen LogP contribution is 2.26. The molecule has 0 atom stereocenters. The highest BCUT2D eigenvalue weighted by molar-refractivity contribution is 9.10. The van der Waals surface area contributed by atoms with Gasteiger partial charge in [0.05, 0.1) is 23.2 Å². The summed E-state index contributed by atoms with van der Waals surface area (Å²) >= 11 is 3.47. The highest BCUT2D eigenvalue weighted by Gasteiger charge is 2.13. The van der Waals surface area contributed by atoms with E-state index in [0.29, 0.717) is 31.5 Å². The molecule has 0 spiro atoms. The first-order valence-corrected chi connectivity index (χ1v) is 9.06. The Bertz CT molecular complexity index is 810. The average molecular weight is 413 g/mol. The predicted octanol–water partition coefficient (Wildman–Crippen LogP) is 4.48. The molecular formula is C21H21BrN2O2. The lowest BCUT2D eigenvalue weighted by molar-refractivity contribution is -0.131. The number of carbonyl (C=O) groups excluding carboxylic acids is 1. The van der Waals surface area contributed by atoms with Crippen molar-refractivity contribution >= 4 is 21.8 Å². The Hall–Kier alpha value is -2.58. The normalized spacial score (nSPS) is 10.0. The van der Waals surface area contributed by atoms with Gasteiger partial charge in [0.25, 0.3) is 0 Å². The number of nitriles is 1. The summed E-state index contributed by atoms with van der Waals surface area (Å²) in [6, 6.07) is 15.2. The Balaban J connectivity index is 1.99. The zero-order chi connectivity index (χ0) is 18.9. The quantitative estimate of drug-likeness (QED) is 0.600. The standard InChI is InChI=1S/C21H21BrN2O2/c1-3-12-24(15-18-6-4-17(14-23)5-7-18)21(25)11-9-16-8-10-20(26-2)19(22)13-16/h3-8,10,13H,1,9,11-12,15H2,2H3. The van der Waals surface area contributed by atoms with Gasteiger partial charge in [0, 0.05) is 19.5 Å². The Kier molecular flexibility index (Phi) is 7.43. The van der Waals surface area contributed by atoms with E-state index in [-0.39, 0.29) is 5.91 Å². The van der Waals surface area contributed by atoms with Crippen LogP contribution < -0.4 is 4.74 Å². The summed E-state index contributed by atoms with van der Waals surface area (Å²) in [6.07, 6.45) is 2.80. The van der Waals surface area contributed by atoms with Gasteiger partial charge in [-0.25, -0.2) is 0 Å². The summed E-state index contributed by atoms with van der Waals surface area (Å²) < 4.78 is 6.11. The van der Waals surface area contributed by atoms with Crippen LogP contribution in [0.5, 0.6) is 5.75 Å². The number of methoxy groups -OCH3 is 1. The minimum atomic E-state index is 0.0706. The summed E-state index contributed by atoms with van der Waals surface area (Å²) in [6.45, 7) is 4.74. The first-order chi connectivity index (χ1) is 12.6. The summed E-state index contributed by atoms with van der Waals surface area (Å²) in [5.74, 6) is 0.843. The number of halogens is 1. The number of benzene rings is 2. The first kappa shape index (κ1) is 19.7. The maximum atomic E-state index is 12.6. The maximum absolute atomic E-state index is 12.6. The lowest BCUT2D eigenvalue weighted by atomic mass is 10.1. The molecule has 2 rings (SSSR count). The predicted molar refractivity (Wildman–Crippen MR) is 106 cm³/mol. The zero-order valence-corrected chi connectivity index (χ0v) is 16.3. The SMILES string of the molecule is C=CCN(Cc1ccc(C#N)cc1)C(=O)CCc1ccc(OC)c(Br)c1. The molecule has 0 saturated carbocycles. The Morgan fingerprint density at radius 1 is 1.27 bits per heavy atom. The van der Waals surface area contributed by atoms with E-state index in [4.69, 9.17) is 10.00 Å². The Labute approximate surface area is 162 Å². The summed E-state index contributed by atoms with van der Waals surface area (Å²) in [7, 11) is 1.62. The maximum Gasteiger partial charge on any atom is 0.223 e. The Morgan fingerprint density at radius 3 is 2.54 bits per heavy atom. The number of ether oxygens (including phenoxy) is 1. The number of hydrogen-bond acceptors (Lipinski definition) is 3. The van der Waals surface area contributed by atoms with Crippen LogP contribution in [0.1, 0.15) is 23.1 Å². The van der Waals surface area contributed by atoms with Crippen LogP contribution in [0.2, 0.25) is 0 Å². The fourth-order valence-corrected chi connectivity index (χ4v) is 3.18. The minimum absolute atomic E-state index is 0.0706. The van der Waals surface area contributed by atoms with Crippen LogP contribution in [-0.4, -0.2) is 24.5 Å². The third-order valence-corrected chi connectivity index (χ3v) is 4.62. The lowest BCUT2D eigenvalue weighted by Crippen LogP contribution is -2.30. The van der Waals surface area contributed by atoms with Gasteiger partial charge in [0.1, 0.15) is 5.75 Å². The van der Waals surface area contributed by atoms with Gasteiger partial charge >= 0.3 is 0 Å². The number of rotatable bonds is 8. The van der Waals surface area contributed by atoms with E-state index < -0.39 is 0 Å². The average Bonchev–Trinajstić information content (AvgIpc) is 2.66. The minimum Gasteiger partial charge on any atom is -0.496 e. The van der Waals surface area contributed by atoms with E-state index in [0.717, 1.165) is 21.3 Å². The van der Waals surface area contributed by atoms with Gasteiger partial charge in [0.15, 0.2) is 0 Å². The molecule has 0 saturated heterocycles. The van der Waals surface area contributed by atoms with Gasteiger partial charge in [-0.1, -0.05) is 24.3 Å². The number of hydrogen-bond donors (Lipinski definition) is 0.